The minimum atomic E-state index is -0.198. The van der Waals surface area contributed by atoms with Crippen LogP contribution < -0.4 is 0 Å². The summed E-state index contributed by atoms with van der Waals surface area (Å²) in [5, 5.41) is 8.85. The average Bonchev–Trinajstić information content (AvgIpc) is 2.32. The van der Waals surface area contributed by atoms with Crippen molar-refractivity contribution in [2.75, 3.05) is 0 Å². The van der Waals surface area contributed by atoms with Crippen molar-refractivity contribution >= 4 is 0 Å². The molecule has 2 rings (SSSR count). The third-order valence-electron chi connectivity index (χ3n) is 2.85. The van der Waals surface area contributed by atoms with Crippen molar-refractivity contribution in [1.29, 1.82) is 5.26 Å². The number of aryl methyl sites for hydroxylation is 2. The summed E-state index contributed by atoms with van der Waals surface area (Å²) in [5.41, 5.74) is 3.51. The number of nitriles is 1. The number of benzene rings is 2. The minimum Gasteiger partial charge on any atom is -0.206 e. The van der Waals surface area contributed by atoms with Gasteiger partial charge < -0.3 is 0 Å². The van der Waals surface area contributed by atoms with E-state index in [1.807, 2.05) is 19.1 Å². The monoisotopic (exact) mass is 225 g/mol. The van der Waals surface area contributed by atoms with Crippen molar-refractivity contribution in [2.24, 2.45) is 0 Å². The predicted octanol–water partition coefficient (Wildman–Crippen LogP) is 3.98. The maximum absolute atomic E-state index is 13.9. The molecule has 2 heteroatoms. The van der Waals surface area contributed by atoms with Crippen molar-refractivity contribution in [3.63, 3.8) is 0 Å². The average molecular weight is 225 g/mol. The SMILES string of the molecule is Cc1cc(-c2cccc(C)c2F)ccc1C#N. The van der Waals surface area contributed by atoms with Crippen molar-refractivity contribution in [3.05, 3.63) is 58.9 Å². The molecular formula is C15H12FN. The van der Waals surface area contributed by atoms with Gasteiger partial charge in [-0.25, -0.2) is 4.39 Å². The molecule has 0 aromatic heterocycles. The van der Waals surface area contributed by atoms with E-state index in [2.05, 4.69) is 6.07 Å². The molecule has 0 saturated carbocycles. The fourth-order valence-corrected chi connectivity index (χ4v) is 1.83. The summed E-state index contributed by atoms with van der Waals surface area (Å²) in [6.45, 7) is 3.60. The summed E-state index contributed by atoms with van der Waals surface area (Å²) in [5.74, 6) is -0.198. The van der Waals surface area contributed by atoms with E-state index >= 15 is 0 Å². The molecule has 84 valence electrons. The molecule has 2 aromatic rings. The van der Waals surface area contributed by atoms with E-state index in [9.17, 15) is 4.39 Å². The predicted molar refractivity (Wildman–Crippen MR) is 66.0 cm³/mol. The molecule has 1 nitrogen and oxygen atoms in total. The van der Waals surface area contributed by atoms with Crippen LogP contribution in [0.2, 0.25) is 0 Å². The highest BCUT2D eigenvalue weighted by Crippen LogP contribution is 2.26. The van der Waals surface area contributed by atoms with Crippen LogP contribution in [-0.2, 0) is 0 Å². The largest absolute Gasteiger partial charge is 0.206 e. The summed E-state index contributed by atoms with van der Waals surface area (Å²) in [7, 11) is 0. The van der Waals surface area contributed by atoms with Gasteiger partial charge in [-0.15, -0.1) is 0 Å². The number of rotatable bonds is 1. The van der Waals surface area contributed by atoms with E-state index in [0.29, 0.717) is 16.7 Å². The van der Waals surface area contributed by atoms with Crippen LogP contribution in [0, 0.1) is 31.0 Å². The van der Waals surface area contributed by atoms with Crippen LogP contribution in [0.5, 0.6) is 0 Å². The molecule has 0 amide bonds. The summed E-state index contributed by atoms with van der Waals surface area (Å²) in [6, 6.07) is 12.8. The lowest BCUT2D eigenvalue weighted by Crippen LogP contribution is -1.90. The third kappa shape index (κ3) is 2.05. The van der Waals surface area contributed by atoms with Gasteiger partial charge in [0.2, 0.25) is 0 Å². The molecule has 0 fully saturated rings. The third-order valence-corrected chi connectivity index (χ3v) is 2.85. The van der Waals surface area contributed by atoms with E-state index < -0.39 is 0 Å². The first-order valence-corrected chi connectivity index (χ1v) is 5.39. The second-order valence-electron chi connectivity index (χ2n) is 4.08. The number of hydrogen-bond donors (Lipinski definition) is 0. The van der Waals surface area contributed by atoms with Gasteiger partial charge in [0.25, 0.3) is 0 Å². The van der Waals surface area contributed by atoms with Crippen LogP contribution in [0.3, 0.4) is 0 Å². The fourth-order valence-electron chi connectivity index (χ4n) is 1.83. The lowest BCUT2D eigenvalue weighted by atomic mass is 9.98. The molecule has 0 aliphatic rings. The van der Waals surface area contributed by atoms with E-state index in [1.165, 1.54) is 0 Å². The van der Waals surface area contributed by atoms with Crippen LogP contribution in [0.4, 0.5) is 4.39 Å². The molecule has 0 radical (unpaired) electrons. The van der Waals surface area contributed by atoms with Gasteiger partial charge >= 0.3 is 0 Å². The standard InChI is InChI=1S/C15H12FN/c1-10-4-3-5-14(15(10)16)12-6-7-13(9-17)11(2)8-12/h3-8H,1-2H3. The number of halogens is 1. The van der Waals surface area contributed by atoms with Crippen molar-refractivity contribution < 1.29 is 4.39 Å². The second-order valence-corrected chi connectivity index (χ2v) is 4.08. The summed E-state index contributed by atoms with van der Waals surface area (Å²) in [6.07, 6.45) is 0. The van der Waals surface area contributed by atoms with Gasteiger partial charge in [-0.3, -0.25) is 0 Å². The van der Waals surface area contributed by atoms with Crippen LogP contribution in [-0.4, -0.2) is 0 Å². The molecule has 0 N–H and O–H groups in total. The molecule has 2 aromatic carbocycles. The maximum Gasteiger partial charge on any atom is 0.133 e. The van der Waals surface area contributed by atoms with Gasteiger partial charge in [0.15, 0.2) is 0 Å². The zero-order valence-corrected chi connectivity index (χ0v) is 9.79. The fraction of sp³-hybridized carbons (Fsp3) is 0.133. The molecule has 0 aliphatic carbocycles. The minimum absolute atomic E-state index is 0.198. The van der Waals surface area contributed by atoms with E-state index in [4.69, 9.17) is 5.26 Å². The van der Waals surface area contributed by atoms with Crippen LogP contribution >= 0.6 is 0 Å². The number of hydrogen-bond acceptors (Lipinski definition) is 1. The Labute approximate surface area is 100 Å². The zero-order chi connectivity index (χ0) is 12.4. The highest BCUT2D eigenvalue weighted by atomic mass is 19.1. The molecule has 0 bridgehead atoms. The van der Waals surface area contributed by atoms with Gasteiger partial charge in [0, 0.05) is 5.56 Å². The molecule has 17 heavy (non-hydrogen) atoms. The molecule has 0 saturated heterocycles. The maximum atomic E-state index is 13.9. The van der Waals surface area contributed by atoms with Crippen molar-refractivity contribution in [1.82, 2.24) is 0 Å². The normalized spacial score (nSPS) is 10.0. The van der Waals surface area contributed by atoms with Crippen LogP contribution in [0.15, 0.2) is 36.4 Å². The van der Waals surface area contributed by atoms with E-state index in [1.54, 1.807) is 31.2 Å². The first kappa shape index (κ1) is 11.3. The van der Waals surface area contributed by atoms with Gasteiger partial charge in [-0.2, -0.15) is 5.26 Å². The Balaban J connectivity index is 2.59. The molecule has 0 aliphatic heterocycles. The Morgan fingerprint density at radius 2 is 1.82 bits per heavy atom. The Morgan fingerprint density at radius 1 is 1.06 bits per heavy atom. The molecule has 0 unspecified atom stereocenters. The van der Waals surface area contributed by atoms with Gasteiger partial charge in [0.1, 0.15) is 5.82 Å². The van der Waals surface area contributed by atoms with E-state index in [0.717, 1.165) is 11.1 Å². The highest BCUT2D eigenvalue weighted by molar-refractivity contribution is 5.67. The van der Waals surface area contributed by atoms with Crippen molar-refractivity contribution in [2.45, 2.75) is 13.8 Å². The quantitative estimate of drug-likeness (QED) is 0.720. The summed E-state index contributed by atoms with van der Waals surface area (Å²) >= 11 is 0. The highest BCUT2D eigenvalue weighted by Gasteiger charge is 2.08. The van der Waals surface area contributed by atoms with Crippen molar-refractivity contribution in [3.8, 4) is 17.2 Å². The molecule has 0 spiro atoms. The van der Waals surface area contributed by atoms with Gasteiger partial charge in [-0.05, 0) is 36.6 Å². The summed E-state index contributed by atoms with van der Waals surface area (Å²) < 4.78 is 13.9. The summed E-state index contributed by atoms with van der Waals surface area (Å²) in [4.78, 5) is 0. The van der Waals surface area contributed by atoms with Gasteiger partial charge in [-0.1, -0.05) is 30.3 Å². The Kier molecular flexibility index (Phi) is 2.93. The Bertz CT molecular complexity index is 609. The second kappa shape index (κ2) is 4.39. The van der Waals surface area contributed by atoms with E-state index in [-0.39, 0.29) is 5.82 Å². The molecular weight excluding hydrogens is 213 g/mol. The Morgan fingerprint density at radius 3 is 2.47 bits per heavy atom. The Hall–Kier alpha value is -2.14. The van der Waals surface area contributed by atoms with Gasteiger partial charge in [0.05, 0.1) is 11.6 Å². The lowest BCUT2D eigenvalue weighted by Gasteiger charge is -2.07. The number of nitrogens with zero attached hydrogens (tertiary/aromatic N) is 1. The zero-order valence-electron chi connectivity index (χ0n) is 9.79. The lowest BCUT2D eigenvalue weighted by molar-refractivity contribution is 0.622. The first-order valence-electron chi connectivity index (χ1n) is 5.39. The smallest absolute Gasteiger partial charge is 0.133 e. The molecule has 0 atom stereocenters. The van der Waals surface area contributed by atoms with Crippen LogP contribution in [0.25, 0.3) is 11.1 Å². The topological polar surface area (TPSA) is 23.8 Å². The van der Waals surface area contributed by atoms with Crippen LogP contribution in [0.1, 0.15) is 16.7 Å². The molecule has 0 heterocycles. The first-order chi connectivity index (χ1) is 8.13.